The summed E-state index contributed by atoms with van der Waals surface area (Å²) in [5, 5.41) is -6.52. The van der Waals surface area contributed by atoms with E-state index >= 15 is 0 Å². The lowest BCUT2D eigenvalue weighted by Gasteiger charge is -2.17. The zero-order chi connectivity index (χ0) is 17.2. The van der Waals surface area contributed by atoms with Crippen molar-refractivity contribution >= 4 is 21.5 Å². The van der Waals surface area contributed by atoms with Crippen LogP contribution in [0.15, 0.2) is 0 Å². The molecule has 0 heterocycles. The van der Waals surface area contributed by atoms with Crippen molar-refractivity contribution in [3.8, 4) is 0 Å². The van der Waals surface area contributed by atoms with Crippen molar-refractivity contribution in [1.29, 1.82) is 0 Å². The molecule has 0 fully saturated rings. The maximum Gasteiger partial charge on any atom is 0.198 e. The largest absolute Gasteiger partial charge is 0.264 e. The van der Waals surface area contributed by atoms with Gasteiger partial charge in [0.05, 0.1) is 17.5 Å². The topological polar surface area (TPSA) is 0 Å². The third-order valence-corrected chi connectivity index (χ3v) is 3.23. The minimum atomic E-state index is -2.47. The summed E-state index contributed by atoms with van der Waals surface area (Å²) >= 11 is 0. The van der Waals surface area contributed by atoms with Crippen LogP contribution in [0.5, 0.6) is 0 Å². The van der Waals surface area contributed by atoms with Crippen molar-refractivity contribution in [2.24, 2.45) is 0 Å². The average Bonchev–Trinajstić information content (AvgIpc) is 2.51. The van der Waals surface area contributed by atoms with Crippen LogP contribution in [0.4, 0.5) is 39.5 Å². The molecule has 0 aromatic heterocycles. The number of halogens is 9. The third kappa shape index (κ3) is 1.82. The summed E-state index contributed by atoms with van der Waals surface area (Å²) in [6.45, 7) is 0. The van der Waals surface area contributed by atoms with Gasteiger partial charge in [0.1, 0.15) is 11.6 Å². The lowest BCUT2D eigenvalue weighted by Crippen LogP contribution is -2.05. The summed E-state index contributed by atoms with van der Waals surface area (Å²) in [5.41, 5.74) is 0. The van der Waals surface area contributed by atoms with E-state index in [9.17, 15) is 39.5 Å². The highest BCUT2D eigenvalue weighted by molar-refractivity contribution is 6.00. The van der Waals surface area contributed by atoms with E-state index in [-0.39, 0.29) is 0 Å². The first-order valence-electron chi connectivity index (χ1n) is 5.70. The third-order valence-electron chi connectivity index (χ3n) is 3.23. The van der Waals surface area contributed by atoms with Crippen molar-refractivity contribution in [2.45, 2.75) is 0 Å². The molecule has 23 heavy (non-hydrogen) atoms. The van der Waals surface area contributed by atoms with Crippen LogP contribution >= 0.6 is 0 Å². The van der Waals surface area contributed by atoms with Gasteiger partial charge in [0.2, 0.25) is 0 Å². The highest BCUT2D eigenvalue weighted by atomic mass is 19.2. The molecule has 0 aliphatic rings. The summed E-state index contributed by atoms with van der Waals surface area (Å²) in [4.78, 5) is 0. The molecule has 0 aliphatic heterocycles. The first-order chi connectivity index (χ1) is 10.7. The first kappa shape index (κ1) is 15.4. The van der Waals surface area contributed by atoms with E-state index < -0.39 is 73.9 Å². The number of hydrogen-bond acceptors (Lipinski definition) is 0. The lowest BCUT2D eigenvalue weighted by molar-refractivity contribution is 0.414. The second-order valence-corrected chi connectivity index (χ2v) is 4.45. The molecule has 0 N–H and O–H groups in total. The van der Waals surface area contributed by atoms with Crippen LogP contribution in [0.2, 0.25) is 0 Å². The Bertz CT molecular complexity index is 1010. The van der Waals surface area contributed by atoms with Crippen LogP contribution < -0.4 is 0 Å². The molecular formula is C14F9-. The Morgan fingerprint density at radius 3 is 1.35 bits per heavy atom. The molecule has 3 aromatic carbocycles. The Kier molecular flexibility index (Phi) is 3.20. The monoisotopic (exact) mass is 339 g/mol. The smallest absolute Gasteiger partial charge is 0.198 e. The van der Waals surface area contributed by atoms with Crippen LogP contribution in [0.25, 0.3) is 21.5 Å². The maximum absolute atomic E-state index is 14.2. The van der Waals surface area contributed by atoms with Crippen LogP contribution in [0, 0.1) is 58.4 Å². The fourth-order valence-electron chi connectivity index (χ4n) is 2.21. The van der Waals surface area contributed by atoms with E-state index in [2.05, 4.69) is 0 Å². The fourth-order valence-corrected chi connectivity index (χ4v) is 2.21. The number of hydrogen-bond donors (Lipinski definition) is 0. The van der Waals surface area contributed by atoms with E-state index in [0.717, 1.165) is 0 Å². The maximum atomic E-state index is 14.2. The molecule has 0 spiro atoms. The van der Waals surface area contributed by atoms with E-state index in [1.165, 1.54) is 6.07 Å². The van der Waals surface area contributed by atoms with Gasteiger partial charge in [-0.25, -0.2) is 30.7 Å². The molecule has 0 aliphatic carbocycles. The SMILES string of the molecule is Fc1[c-]c2c(F)c3c(F)c(F)c(F)c(F)c3c(F)c2c(F)c1F. The van der Waals surface area contributed by atoms with E-state index in [4.69, 9.17) is 0 Å². The van der Waals surface area contributed by atoms with Gasteiger partial charge in [0, 0.05) is 10.8 Å². The summed E-state index contributed by atoms with van der Waals surface area (Å²) in [6.07, 6.45) is 0. The molecule has 0 atom stereocenters. The zero-order valence-corrected chi connectivity index (χ0v) is 10.4. The Morgan fingerprint density at radius 1 is 0.391 bits per heavy atom. The number of rotatable bonds is 0. The highest BCUT2D eigenvalue weighted by Gasteiger charge is 2.26. The second kappa shape index (κ2) is 4.77. The minimum Gasteiger partial charge on any atom is -0.264 e. The van der Waals surface area contributed by atoms with E-state index in [0.29, 0.717) is 0 Å². The molecule has 0 bridgehead atoms. The van der Waals surface area contributed by atoms with E-state index in [1.54, 1.807) is 0 Å². The molecule has 0 amide bonds. The molecule has 0 nitrogen and oxygen atoms in total. The Hall–Kier alpha value is -2.45. The molecule has 9 heteroatoms. The minimum absolute atomic E-state index is 1.28. The van der Waals surface area contributed by atoms with Gasteiger partial charge in [-0.2, -0.15) is 0 Å². The van der Waals surface area contributed by atoms with Crippen molar-refractivity contribution < 1.29 is 39.5 Å². The number of benzene rings is 3. The van der Waals surface area contributed by atoms with Crippen LogP contribution in [-0.2, 0) is 0 Å². The Balaban J connectivity index is 2.77. The van der Waals surface area contributed by atoms with Crippen LogP contribution in [-0.4, -0.2) is 0 Å². The van der Waals surface area contributed by atoms with Gasteiger partial charge in [0.15, 0.2) is 23.3 Å². The van der Waals surface area contributed by atoms with Gasteiger partial charge in [-0.15, -0.1) is 0 Å². The number of fused-ring (bicyclic) bond motifs is 2. The Morgan fingerprint density at radius 2 is 0.826 bits per heavy atom. The van der Waals surface area contributed by atoms with Gasteiger partial charge in [0.25, 0.3) is 0 Å². The van der Waals surface area contributed by atoms with Crippen molar-refractivity contribution in [2.75, 3.05) is 0 Å². The predicted molar refractivity (Wildman–Crippen MR) is 59.9 cm³/mol. The zero-order valence-electron chi connectivity index (χ0n) is 10.4. The molecule has 0 saturated carbocycles. The highest BCUT2D eigenvalue weighted by Crippen LogP contribution is 2.37. The molecule has 120 valence electrons. The van der Waals surface area contributed by atoms with Gasteiger partial charge < -0.3 is 0 Å². The molecule has 0 radical (unpaired) electrons. The van der Waals surface area contributed by atoms with Gasteiger partial charge in [-0.05, 0) is 5.39 Å². The molecule has 3 aromatic rings. The fraction of sp³-hybridized carbons (Fsp3) is 0. The predicted octanol–water partition coefficient (Wildman–Crippen LogP) is 5.05. The summed E-state index contributed by atoms with van der Waals surface area (Å²) in [7, 11) is 0. The second-order valence-electron chi connectivity index (χ2n) is 4.45. The quantitative estimate of drug-likeness (QED) is 0.177. The van der Waals surface area contributed by atoms with Crippen molar-refractivity contribution in [3.63, 3.8) is 0 Å². The summed E-state index contributed by atoms with van der Waals surface area (Å²) in [5.74, 6) is -20.3. The van der Waals surface area contributed by atoms with Crippen LogP contribution in [0.1, 0.15) is 0 Å². The summed E-state index contributed by atoms with van der Waals surface area (Å²) < 4.78 is 122. The molecule has 0 unspecified atom stereocenters. The Labute approximate surface area is 120 Å². The molecule has 3 rings (SSSR count). The first-order valence-corrected chi connectivity index (χ1v) is 5.70. The van der Waals surface area contributed by atoms with Crippen molar-refractivity contribution in [1.82, 2.24) is 0 Å². The summed E-state index contributed by atoms with van der Waals surface area (Å²) in [6, 6.07) is 1.28. The average molecular weight is 339 g/mol. The van der Waals surface area contributed by atoms with Gasteiger partial charge >= 0.3 is 0 Å². The van der Waals surface area contributed by atoms with Gasteiger partial charge in [-0.1, -0.05) is 11.5 Å². The molecular weight excluding hydrogens is 339 g/mol. The lowest BCUT2D eigenvalue weighted by atomic mass is 9.99. The standard InChI is InChI=1S/C14F9/c15-3-1-2-4(10(19)8(3)17)9(18)6-5(7(2)16)11(20)13(22)14(23)12(6)21/q-1. The van der Waals surface area contributed by atoms with E-state index in [1.807, 2.05) is 0 Å². The molecule has 0 saturated heterocycles. The van der Waals surface area contributed by atoms with Crippen molar-refractivity contribution in [3.05, 3.63) is 58.4 Å². The normalized spacial score (nSPS) is 11.7. The van der Waals surface area contributed by atoms with Crippen LogP contribution in [0.3, 0.4) is 0 Å². The van der Waals surface area contributed by atoms with Gasteiger partial charge in [-0.3, -0.25) is 8.78 Å².